The van der Waals surface area contributed by atoms with Crippen molar-refractivity contribution in [2.75, 3.05) is 12.4 Å². The van der Waals surface area contributed by atoms with Crippen molar-refractivity contribution >= 4 is 35.2 Å². The average molecular weight is 357 g/mol. The number of thiocarbonyl (C=S) groups is 1. The Morgan fingerprint density at radius 3 is 2.52 bits per heavy atom. The fourth-order valence-electron chi connectivity index (χ4n) is 1.97. The van der Waals surface area contributed by atoms with Gasteiger partial charge in [0.1, 0.15) is 0 Å². The molecule has 0 aliphatic rings. The Balaban J connectivity index is 1.95. The van der Waals surface area contributed by atoms with Crippen molar-refractivity contribution in [3.8, 4) is 11.5 Å². The molecule has 0 aromatic heterocycles. The Bertz CT molecular complexity index is 789. The molecule has 0 fully saturated rings. The van der Waals surface area contributed by atoms with E-state index >= 15 is 0 Å². The number of hydrazone groups is 1. The Labute approximate surface area is 151 Å². The second kappa shape index (κ2) is 8.79. The van der Waals surface area contributed by atoms with Crippen LogP contribution < -0.4 is 20.2 Å². The number of nitrogens with one attached hydrogen (secondary N) is 2. The predicted octanol–water partition coefficient (Wildman–Crippen LogP) is 3.25. The Morgan fingerprint density at radius 1 is 1.16 bits per heavy atom. The van der Waals surface area contributed by atoms with Crippen LogP contribution in [-0.2, 0) is 4.79 Å². The number of nitrogens with zero attached hydrogens (tertiary/aromatic N) is 1. The number of anilines is 1. The topological polar surface area (TPSA) is 71.9 Å². The van der Waals surface area contributed by atoms with Crippen LogP contribution in [0.5, 0.6) is 11.5 Å². The van der Waals surface area contributed by atoms with Gasteiger partial charge in [-0.15, -0.1) is 0 Å². The third kappa shape index (κ3) is 5.89. The van der Waals surface area contributed by atoms with Gasteiger partial charge < -0.3 is 14.8 Å². The third-order valence-corrected chi connectivity index (χ3v) is 3.32. The molecule has 6 nitrogen and oxygen atoms in total. The summed E-state index contributed by atoms with van der Waals surface area (Å²) in [5.41, 5.74) is 5.56. The molecule has 0 bridgehead atoms. The van der Waals surface area contributed by atoms with E-state index in [1.807, 2.05) is 31.2 Å². The van der Waals surface area contributed by atoms with E-state index in [2.05, 4.69) is 15.8 Å². The summed E-state index contributed by atoms with van der Waals surface area (Å²) in [6.45, 7) is 3.35. The fourth-order valence-corrected chi connectivity index (χ4v) is 2.14. The van der Waals surface area contributed by atoms with E-state index in [9.17, 15) is 4.79 Å². The Kier molecular flexibility index (Phi) is 6.47. The fraction of sp³-hybridized carbons (Fsp3) is 0.167. The molecule has 130 valence electrons. The van der Waals surface area contributed by atoms with E-state index in [0.717, 1.165) is 11.3 Å². The van der Waals surface area contributed by atoms with E-state index in [0.29, 0.717) is 16.6 Å². The van der Waals surface area contributed by atoms with Crippen molar-refractivity contribution in [2.24, 2.45) is 5.10 Å². The van der Waals surface area contributed by atoms with Gasteiger partial charge in [-0.05, 0) is 55.0 Å². The minimum absolute atomic E-state index is 0.358. The summed E-state index contributed by atoms with van der Waals surface area (Å²) >= 11 is 5.18. The molecule has 0 saturated heterocycles. The maximum Gasteiger partial charge on any atom is 0.308 e. The molecule has 2 N–H and O–H groups in total. The first kappa shape index (κ1) is 18.4. The number of hydrogen-bond acceptors (Lipinski definition) is 5. The van der Waals surface area contributed by atoms with E-state index in [-0.39, 0.29) is 0 Å². The normalized spacial score (nSPS) is 10.4. The van der Waals surface area contributed by atoms with Gasteiger partial charge in [-0.25, -0.2) is 0 Å². The monoisotopic (exact) mass is 357 g/mol. The predicted molar refractivity (Wildman–Crippen MR) is 102 cm³/mol. The van der Waals surface area contributed by atoms with Crippen LogP contribution in [0.15, 0.2) is 47.6 Å². The van der Waals surface area contributed by atoms with Crippen LogP contribution in [0, 0.1) is 6.92 Å². The van der Waals surface area contributed by atoms with Crippen LogP contribution in [0.2, 0.25) is 0 Å². The Hall–Kier alpha value is -2.93. The largest absolute Gasteiger partial charge is 0.493 e. The molecule has 0 atom stereocenters. The van der Waals surface area contributed by atoms with Gasteiger partial charge in [0.2, 0.25) is 0 Å². The average Bonchev–Trinajstić information content (AvgIpc) is 2.57. The van der Waals surface area contributed by atoms with Gasteiger partial charge in [-0.3, -0.25) is 10.2 Å². The van der Waals surface area contributed by atoms with Crippen molar-refractivity contribution < 1.29 is 14.3 Å². The number of hydrogen-bond donors (Lipinski definition) is 2. The van der Waals surface area contributed by atoms with Gasteiger partial charge in [0, 0.05) is 12.6 Å². The number of carbonyl (C=O) groups is 1. The molecule has 25 heavy (non-hydrogen) atoms. The number of esters is 1. The number of carbonyl (C=O) groups excluding carboxylic acids is 1. The van der Waals surface area contributed by atoms with E-state index in [4.69, 9.17) is 21.7 Å². The van der Waals surface area contributed by atoms with Gasteiger partial charge in [0.25, 0.3) is 0 Å². The molecule has 0 radical (unpaired) electrons. The minimum atomic E-state index is -0.408. The highest BCUT2D eigenvalue weighted by Crippen LogP contribution is 2.27. The maximum atomic E-state index is 11.0. The standard InChI is InChI=1S/C18H19N3O3S/c1-12-4-7-15(8-5-12)20-18(25)21-19-11-14-6-9-16(24-13(2)22)17(10-14)23-3/h4-11H,1-3H3,(H2,20,21,25). The van der Waals surface area contributed by atoms with Crippen molar-refractivity contribution in [3.63, 3.8) is 0 Å². The molecule has 0 unspecified atom stereocenters. The number of ether oxygens (including phenoxy) is 2. The summed E-state index contributed by atoms with van der Waals surface area (Å²) in [7, 11) is 1.50. The molecule has 2 aromatic carbocycles. The zero-order valence-electron chi connectivity index (χ0n) is 14.2. The van der Waals surface area contributed by atoms with Crippen LogP contribution in [0.1, 0.15) is 18.1 Å². The van der Waals surface area contributed by atoms with Crippen LogP contribution in [0.3, 0.4) is 0 Å². The van der Waals surface area contributed by atoms with Gasteiger partial charge in [0.15, 0.2) is 16.6 Å². The van der Waals surface area contributed by atoms with Crippen molar-refractivity contribution in [1.82, 2.24) is 5.43 Å². The highest BCUT2D eigenvalue weighted by atomic mass is 32.1. The first-order valence-corrected chi connectivity index (χ1v) is 7.92. The van der Waals surface area contributed by atoms with E-state index in [1.54, 1.807) is 24.4 Å². The summed E-state index contributed by atoms with van der Waals surface area (Å²) < 4.78 is 10.3. The Morgan fingerprint density at radius 2 is 1.88 bits per heavy atom. The number of aryl methyl sites for hydroxylation is 1. The smallest absolute Gasteiger partial charge is 0.308 e. The van der Waals surface area contributed by atoms with Gasteiger partial charge in [-0.2, -0.15) is 5.10 Å². The number of rotatable bonds is 5. The van der Waals surface area contributed by atoms with Crippen LogP contribution in [0.4, 0.5) is 5.69 Å². The molecular formula is C18H19N3O3S. The molecule has 7 heteroatoms. The summed E-state index contributed by atoms with van der Waals surface area (Å²) in [5, 5.41) is 7.49. The van der Waals surface area contributed by atoms with Crippen molar-refractivity contribution in [3.05, 3.63) is 53.6 Å². The lowest BCUT2D eigenvalue weighted by molar-refractivity contribution is -0.132. The van der Waals surface area contributed by atoms with Gasteiger partial charge >= 0.3 is 5.97 Å². The van der Waals surface area contributed by atoms with Crippen LogP contribution in [-0.4, -0.2) is 24.4 Å². The molecule has 0 amide bonds. The highest BCUT2D eigenvalue weighted by Gasteiger charge is 2.07. The summed E-state index contributed by atoms with van der Waals surface area (Å²) in [6, 6.07) is 13.0. The summed E-state index contributed by atoms with van der Waals surface area (Å²) in [5.74, 6) is 0.394. The first-order chi connectivity index (χ1) is 12.0. The molecular weight excluding hydrogens is 338 g/mol. The lowest BCUT2D eigenvalue weighted by Crippen LogP contribution is -2.23. The van der Waals surface area contributed by atoms with Gasteiger partial charge in [0.05, 0.1) is 13.3 Å². The number of benzene rings is 2. The third-order valence-electron chi connectivity index (χ3n) is 3.13. The molecule has 2 rings (SSSR count). The lowest BCUT2D eigenvalue weighted by Gasteiger charge is -2.09. The zero-order chi connectivity index (χ0) is 18.2. The maximum absolute atomic E-state index is 11.0. The van der Waals surface area contributed by atoms with Crippen LogP contribution >= 0.6 is 12.2 Å². The zero-order valence-corrected chi connectivity index (χ0v) is 15.0. The minimum Gasteiger partial charge on any atom is -0.493 e. The molecule has 0 aliphatic heterocycles. The molecule has 2 aromatic rings. The molecule has 0 heterocycles. The van der Waals surface area contributed by atoms with Crippen molar-refractivity contribution in [1.29, 1.82) is 0 Å². The number of methoxy groups -OCH3 is 1. The SMILES string of the molecule is COc1cc(C=NNC(=S)Nc2ccc(C)cc2)ccc1OC(C)=O. The summed E-state index contributed by atoms with van der Waals surface area (Å²) in [6.07, 6.45) is 1.59. The molecule has 0 aliphatic carbocycles. The van der Waals surface area contributed by atoms with Crippen molar-refractivity contribution in [2.45, 2.75) is 13.8 Å². The first-order valence-electron chi connectivity index (χ1n) is 7.51. The summed E-state index contributed by atoms with van der Waals surface area (Å²) in [4.78, 5) is 11.0. The van der Waals surface area contributed by atoms with E-state index in [1.165, 1.54) is 19.6 Å². The molecule has 0 saturated carbocycles. The highest BCUT2D eigenvalue weighted by molar-refractivity contribution is 7.80. The van der Waals surface area contributed by atoms with Gasteiger partial charge in [-0.1, -0.05) is 17.7 Å². The van der Waals surface area contributed by atoms with Crippen LogP contribution in [0.25, 0.3) is 0 Å². The quantitative estimate of drug-likeness (QED) is 0.281. The second-order valence-electron chi connectivity index (χ2n) is 5.19. The van der Waals surface area contributed by atoms with E-state index < -0.39 is 5.97 Å². The second-order valence-corrected chi connectivity index (χ2v) is 5.60. The lowest BCUT2D eigenvalue weighted by atomic mass is 10.2. The molecule has 0 spiro atoms.